The number of halogens is 5. The lowest BCUT2D eigenvalue weighted by molar-refractivity contribution is -0.143. The standard InChI is InChI=1S/C17H10ClF4N9O/c18-10-5-8(6-24-15(10)31-25-3-4-26-31)28-16(32)9-7-27-30(13(9)17(20,21)22)12-2-1-11(19)14(23)29-12/h1-7H,(H2,23,29)(H,28,32). The summed E-state index contributed by atoms with van der Waals surface area (Å²) >= 11 is 6.10. The van der Waals surface area contributed by atoms with Gasteiger partial charge in [-0.25, -0.2) is 19.0 Å². The molecule has 0 aromatic carbocycles. The van der Waals surface area contributed by atoms with E-state index in [0.29, 0.717) is 10.9 Å². The Hall–Kier alpha value is -4.07. The Morgan fingerprint density at radius 3 is 2.47 bits per heavy atom. The van der Waals surface area contributed by atoms with E-state index in [1.165, 1.54) is 24.7 Å². The van der Waals surface area contributed by atoms with Crippen molar-refractivity contribution in [1.29, 1.82) is 0 Å². The SMILES string of the molecule is Nc1nc(-n2ncc(C(=O)Nc3cnc(-n4nccn4)c(Cl)c3)c2C(F)(F)F)ccc1F. The van der Waals surface area contributed by atoms with Crippen LogP contribution in [0.4, 0.5) is 29.1 Å². The second-order valence-electron chi connectivity index (χ2n) is 6.15. The van der Waals surface area contributed by atoms with E-state index in [4.69, 9.17) is 17.3 Å². The van der Waals surface area contributed by atoms with Crippen molar-refractivity contribution in [2.75, 3.05) is 11.1 Å². The van der Waals surface area contributed by atoms with Gasteiger partial charge in [-0.2, -0.15) is 28.5 Å². The quantitative estimate of drug-likeness (QED) is 0.441. The van der Waals surface area contributed by atoms with Gasteiger partial charge in [0.05, 0.1) is 41.1 Å². The van der Waals surface area contributed by atoms with Gasteiger partial charge < -0.3 is 11.1 Å². The Balaban J connectivity index is 1.68. The molecule has 0 aliphatic heterocycles. The van der Waals surface area contributed by atoms with Crippen molar-refractivity contribution in [3.05, 3.63) is 65.1 Å². The molecule has 0 saturated carbocycles. The van der Waals surface area contributed by atoms with Crippen molar-refractivity contribution in [3.63, 3.8) is 0 Å². The van der Waals surface area contributed by atoms with Gasteiger partial charge in [-0.15, -0.1) is 4.80 Å². The molecule has 0 atom stereocenters. The highest BCUT2D eigenvalue weighted by Crippen LogP contribution is 2.34. The summed E-state index contributed by atoms with van der Waals surface area (Å²) in [5.41, 5.74) is 3.11. The van der Waals surface area contributed by atoms with E-state index in [9.17, 15) is 22.4 Å². The van der Waals surface area contributed by atoms with Crippen LogP contribution in [0.2, 0.25) is 5.02 Å². The summed E-state index contributed by atoms with van der Waals surface area (Å²) in [5, 5.41) is 13.6. The van der Waals surface area contributed by atoms with E-state index in [0.717, 1.165) is 16.9 Å². The van der Waals surface area contributed by atoms with Crippen LogP contribution in [0.1, 0.15) is 16.1 Å². The fraction of sp³-hybridized carbons (Fsp3) is 0.0588. The molecule has 15 heteroatoms. The molecule has 0 bridgehead atoms. The summed E-state index contributed by atoms with van der Waals surface area (Å²) in [5.74, 6) is -2.94. The fourth-order valence-corrected chi connectivity index (χ4v) is 2.94. The number of hydrogen-bond acceptors (Lipinski definition) is 7. The van der Waals surface area contributed by atoms with Gasteiger partial charge >= 0.3 is 6.18 Å². The number of nitrogens with zero attached hydrogens (tertiary/aromatic N) is 7. The number of carbonyl (C=O) groups excluding carboxylic acids is 1. The zero-order valence-electron chi connectivity index (χ0n) is 15.5. The van der Waals surface area contributed by atoms with Crippen LogP contribution >= 0.6 is 11.6 Å². The Kier molecular flexibility index (Phi) is 5.22. The molecule has 0 radical (unpaired) electrons. The number of nitrogen functional groups attached to an aromatic ring is 1. The number of nitrogens with one attached hydrogen (secondary N) is 1. The molecule has 164 valence electrons. The van der Waals surface area contributed by atoms with Gasteiger partial charge in [0.15, 0.2) is 29.0 Å². The first kappa shape index (κ1) is 21.2. The number of nitrogens with two attached hydrogens (primary N) is 1. The minimum Gasteiger partial charge on any atom is -0.381 e. The molecule has 4 aromatic rings. The van der Waals surface area contributed by atoms with Gasteiger partial charge in [-0.1, -0.05) is 11.6 Å². The topological polar surface area (TPSA) is 129 Å². The summed E-state index contributed by atoms with van der Waals surface area (Å²) in [6.07, 6.45) is -0.334. The molecule has 32 heavy (non-hydrogen) atoms. The van der Waals surface area contributed by atoms with E-state index in [1.807, 2.05) is 0 Å². The average molecular weight is 468 g/mol. The zero-order chi connectivity index (χ0) is 23.0. The number of amides is 1. The summed E-state index contributed by atoms with van der Waals surface area (Å²) in [4.78, 5) is 21.3. The van der Waals surface area contributed by atoms with E-state index >= 15 is 0 Å². The first-order valence-corrected chi connectivity index (χ1v) is 8.94. The molecule has 1 amide bonds. The molecule has 4 aromatic heterocycles. The molecule has 3 N–H and O–H groups in total. The molecule has 0 aliphatic rings. The smallest absolute Gasteiger partial charge is 0.381 e. The lowest BCUT2D eigenvalue weighted by Crippen LogP contribution is -2.21. The Bertz CT molecular complexity index is 1300. The van der Waals surface area contributed by atoms with Gasteiger partial charge in [0.1, 0.15) is 0 Å². The number of aromatic nitrogens is 7. The van der Waals surface area contributed by atoms with Crippen LogP contribution in [0.5, 0.6) is 0 Å². The summed E-state index contributed by atoms with van der Waals surface area (Å²) in [7, 11) is 0. The number of pyridine rings is 2. The minimum atomic E-state index is -5.00. The molecule has 0 saturated heterocycles. The largest absolute Gasteiger partial charge is 0.434 e. The van der Waals surface area contributed by atoms with Gasteiger partial charge in [-0.3, -0.25) is 4.79 Å². The third-order valence-corrected chi connectivity index (χ3v) is 4.32. The number of alkyl halides is 3. The highest BCUT2D eigenvalue weighted by Gasteiger charge is 2.41. The fourth-order valence-electron chi connectivity index (χ4n) is 2.70. The van der Waals surface area contributed by atoms with Gasteiger partial charge in [-0.05, 0) is 18.2 Å². The maximum atomic E-state index is 13.8. The predicted octanol–water partition coefficient (Wildman–Crippen LogP) is 2.89. The van der Waals surface area contributed by atoms with Crippen LogP contribution in [-0.4, -0.2) is 40.6 Å². The van der Waals surface area contributed by atoms with Crippen molar-refractivity contribution in [2.24, 2.45) is 0 Å². The van der Waals surface area contributed by atoms with Crippen LogP contribution in [0, 0.1) is 5.82 Å². The molecule has 0 aliphatic carbocycles. The summed E-state index contributed by atoms with van der Waals surface area (Å²) in [6.45, 7) is 0. The number of rotatable bonds is 4. The molecule has 4 rings (SSSR count). The van der Waals surface area contributed by atoms with Crippen molar-refractivity contribution in [1.82, 2.24) is 34.7 Å². The van der Waals surface area contributed by atoms with Crippen LogP contribution < -0.4 is 11.1 Å². The second-order valence-corrected chi connectivity index (χ2v) is 6.56. The highest BCUT2D eigenvalue weighted by molar-refractivity contribution is 6.32. The lowest BCUT2D eigenvalue weighted by Gasteiger charge is -2.13. The third kappa shape index (κ3) is 3.94. The Morgan fingerprint density at radius 1 is 1.12 bits per heavy atom. The predicted molar refractivity (Wildman–Crippen MR) is 103 cm³/mol. The van der Waals surface area contributed by atoms with Crippen molar-refractivity contribution in [3.8, 4) is 11.6 Å². The number of hydrogen-bond donors (Lipinski definition) is 2. The van der Waals surface area contributed by atoms with Crippen molar-refractivity contribution < 1.29 is 22.4 Å². The first-order valence-electron chi connectivity index (χ1n) is 8.56. The van der Waals surface area contributed by atoms with E-state index in [1.54, 1.807) is 0 Å². The third-order valence-electron chi connectivity index (χ3n) is 4.05. The van der Waals surface area contributed by atoms with Gasteiger partial charge in [0, 0.05) is 0 Å². The molecular weight excluding hydrogens is 458 g/mol. The normalized spacial score (nSPS) is 11.5. The van der Waals surface area contributed by atoms with Crippen LogP contribution in [0.3, 0.4) is 0 Å². The van der Waals surface area contributed by atoms with Gasteiger partial charge in [0.2, 0.25) is 0 Å². The first-order chi connectivity index (χ1) is 15.1. The molecule has 0 fully saturated rings. The van der Waals surface area contributed by atoms with Crippen molar-refractivity contribution in [2.45, 2.75) is 6.18 Å². The Morgan fingerprint density at radius 2 is 1.84 bits per heavy atom. The van der Waals surface area contributed by atoms with Crippen LogP contribution in [0.15, 0.2) is 43.0 Å². The van der Waals surface area contributed by atoms with Gasteiger partial charge in [0.25, 0.3) is 5.91 Å². The molecule has 0 unspecified atom stereocenters. The van der Waals surface area contributed by atoms with E-state index in [-0.39, 0.29) is 16.5 Å². The maximum absolute atomic E-state index is 13.8. The van der Waals surface area contributed by atoms with E-state index < -0.39 is 40.8 Å². The summed E-state index contributed by atoms with van der Waals surface area (Å²) < 4.78 is 55.0. The summed E-state index contributed by atoms with van der Waals surface area (Å²) in [6, 6.07) is 3.05. The monoisotopic (exact) mass is 467 g/mol. The van der Waals surface area contributed by atoms with E-state index in [2.05, 4.69) is 30.6 Å². The molecule has 0 spiro atoms. The van der Waals surface area contributed by atoms with Crippen LogP contribution in [0.25, 0.3) is 11.6 Å². The minimum absolute atomic E-state index is 0.0148. The number of anilines is 2. The van der Waals surface area contributed by atoms with Crippen molar-refractivity contribution >= 4 is 29.0 Å². The lowest BCUT2D eigenvalue weighted by atomic mass is 10.2. The molecular formula is C17H10ClF4N9O. The molecule has 10 nitrogen and oxygen atoms in total. The zero-order valence-corrected chi connectivity index (χ0v) is 16.3. The Labute approximate surface area is 180 Å². The number of carbonyl (C=O) groups is 1. The second kappa shape index (κ2) is 7.88. The molecule has 4 heterocycles. The highest BCUT2D eigenvalue weighted by atomic mass is 35.5. The van der Waals surface area contributed by atoms with Crippen LogP contribution in [-0.2, 0) is 6.18 Å². The maximum Gasteiger partial charge on any atom is 0.434 e. The average Bonchev–Trinajstić information content (AvgIpc) is 3.40.